The normalized spacial score (nSPS) is 17.3. The number of ether oxygens (including phenoxy) is 2. The van der Waals surface area contributed by atoms with Crippen LogP contribution in [0.5, 0.6) is 0 Å². The topological polar surface area (TPSA) is 61.8 Å². The Morgan fingerprint density at radius 3 is 1.90 bits per heavy atom. The molecule has 0 saturated carbocycles. The van der Waals surface area contributed by atoms with E-state index in [1.807, 2.05) is 40.7 Å². The van der Waals surface area contributed by atoms with Gasteiger partial charge in [0.15, 0.2) is 8.32 Å². The van der Waals surface area contributed by atoms with E-state index >= 15 is 0 Å². The average Bonchev–Trinajstić information content (AvgIpc) is 2.80. The Hall–Kier alpha value is -1.40. The molecule has 0 aromatic rings. The van der Waals surface area contributed by atoms with Crippen LogP contribution in [0.15, 0.2) is 23.3 Å². The summed E-state index contributed by atoms with van der Waals surface area (Å²) in [4.78, 5) is 26.0. The number of allylic oxidation sites excluding steroid dienone is 3. The number of carbonyl (C=O) groups is 2. The molecule has 0 aliphatic rings. The monoisotopic (exact) mass is 608 g/mol. The lowest BCUT2D eigenvalue weighted by Crippen LogP contribution is -2.41. The van der Waals surface area contributed by atoms with E-state index in [0.29, 0.717) is 37.0 Å². The molecule has 0 amide bonds. The maximum Gasteiger partial charge on any atom is 0.334 e. The van der Waals surface area contributed by atoms with Crippen LogP contribution in [-0.4, -0.2) is 39.1 Å². The molecule has 6 heteroatoms. The first-order valence-corrected chi connectivity index (χ1v) is 19.4. The highest BCUT2D eigenvalue weighted by atomic mass is 28.4. The van der Waals surface area contributed by atoms with Crippen LogP contribution in [0.25, 0.3) is 0 Å². The van der Waals surface area contributed by atoms with E-state index in [0.717, 1.165) is 23.8 Å². The minimum Gasteiger partial charge on any atom is -0.465 e. The predicted octanol–water partition coefficient (Wildman–Crippen LogP) is 10.3. The zero-order valence-corrected chi connectivity index (χ0v) is 31.2. The third-order valence-corrected chi connectivity index (χ3v) is 13.0. The second-order valence-electron chi connectivity index (χ2n) is 15.7. The predicted molar refractivity (Wildman–Crippen MR) is 181 cm³/mol. The van der Waals surface area contributed by atoms with Crippen molar-refractivity contribution in [2.45, 2.75) is 152 Å². The summed E-state index contributed by atoms with van der Waals surface area (Å²) >= 11 is 0. The van der Waals surface area contributed by atoms with Crippen LogP contribution in [0.3, 0.4) is 0 Å². The fraction of sp³-hybridized carbons (Fsp3) is 0.833. The SMILES string of the molecule is CCC(C)CC(C)CC(C)CC(C)/C=C(C)/C=C(/CC(C)C(=O)OCCCO[Si](C)(C)C(C)(C)C)C(=O)OC(C)(C)C. The number of hydrogen-bond donors (Lipinski definition) is 0. The van der Waals surface area contributed by atoms with Gasteiger partial charge in [-0.3, -0.25) is 4.79 Å². The molecule has 0 aliphatic heterocycles. The van der Waals surface area contributed by atoms with Gasteiger partial charge in [0.05, 0.1) is 12.5 Å². The quantitative estimate of drug-likeness (QED) is 0.0509. The van der Waals surface area contributed by atoms with E-state index in [1.54, 1.807) is 0 Å². The molecule has 0 fully saturated rings. The lowest BCUT2D eigenvalue weighted by Gasteiger charge is -2.36. The Bertz CT molecular complexity index is 874. The van der Waals surface area contributed by atoms with Crippen LogP contribution in [-0.2, 0) is 23.5 Å². The maximum absolute atomic E-state index is 13.1. The molecule has 42 heavy (non-hydrogen) atoms. The molecule has 0 aromatic carbocycles. The Morgan fingerprint density at radius 2 is 1.38 bits per heavy atom. The van der Waals surface area contributed by atoms with Crippen molar-refractivity contribution in [1.82, 2.24) is 0 Å². The molecular weight excluding hydrogens is 540 g/mol. The molecule has 0 aliphatic carbocycles. The van der Waals surface area contributed by atoms with Crippen LogP contribution in [0, 0.1) is 29.6 Å². The second kappa shape index (κ2) is 18.4. The van der Waals surface area contributed by atoms with Crippen molar-refractivity contribution in [3.63, 3.8) is 0 Å². The van der Waals surface area contributed by atoms with Crippen LogP contribution in [0.4, 0.5) is 0 Å². The van der Waals surface area contributed by atoms with Crippen molar-refractivity contribution in [2.24, 2.45) is 29.6 Å². The number of esters is 2. The average molecular weight is 609 g/mol. The number of rotatable bonds is 18. The van der Waals surface area contributed by atoms with Gasteiger partial charge < -0.3 is 13.9 Å². The molecule has 5 atom stereocenters. The zero-order chi connectivity index (χ0) is 32.9. The first kappa shape index (κ1) is 40.6. The van der Waals surface area contributed by atoms with Crippen LogP contribution >= 0.6 is 0 Å². The second-order valence-corrected chi connectivity index (χ2v) is 20.5. The van der Waals surface area contributed by atoms with E-state index in [-0.39, 0.29) is 23.4 Å². The summed E-state index contributed by atoms with van der Waals surface area (Å²) in [6.45, 7) is 33.0. The van der Waals surface area contributed by atoms with Crippen molar-refractivity contribution in [3.05, 3.63) is 23.3 Å². The van der Waals surface area contributed by atoms with Gasteiger partial charge in [0.2, 0.25) is 0 Å². The van der Waals surface area contributed by atoms with Crippen molar-refractivity contribution in [3.8, 4) is 0 Å². The molecule has 0 bridgehead atoms. The Morgan fingerprint density at radius 1 is 0.833 bits per heavy atom. The fourth-order valence-corrected chi connectivity index (χ4v) is 6.17. The molecule has 0 rings (SSSR count). The van der Waals surface area contributed by atoms with Gasteiger partial charge in [-0.1, -0.05) is 80.4 Å². The third kappa shape index (κ3) is 17.7. The molecule has 0 N–H and O–H groups in total. The summed E-state index contributed by atoms with van der Waals surface area (Å²) in [7, 11) is -1.81. The van der Waals surface area contributed by atoms with Gasteiger partial charge >= 0.3 is 11.9 Å². The molecule has 0 saturated heterocycles. The molecule has 246 valence electrons. The molecule has 0 aromatic heterocycles. The van der Waals surface area contributed by atoms with Crippen molar-refractivity contribution in [1.29, 1.82) is 0 Å². The standard InChI is InChI=1S/C36H68O5Si/c1-16-26(2)20-27(3)21-28(4)22-29(5)23-30(6)24-32(34(38)41-35(8,9)10)25-31(7)33(37)39-18-17-19-40-42(14,15)36(11,12)13/h23-24,26-29,31H,16-22,25H2,1-15H3/b30-23+,32-24-. The first-order valence-electron chi connectivity index (χ1n) is 16.5. The van der Waals surface area contributed by atoms with Crippen molar-refractivity contribution < 1.29 is 23.5 Å². The van der Waals surface area contributed by atoms with E-state index in [9.17, 15) is 9.59 Å². The lowest BCUT2D eigenvalue weighted by molar-refractivity contribution is -0.150. The Kier molecular flexibility index (Phi) is 17.8. The van der Waals surface area contributed by atoms with Crippen LogP contribution in [0.2, 0.25) is 18.1 Å². The highest BCUT2D eigenvalue weighted by Crippen LogP contribution is 2.36. The van der Waals surface area contributed by atoms with E-state index < -0.39 is 19.8 Å². The summed E-state index contributed by atoms with van der Waals surface area (Å²) in [5.41, 5.74) is 0.912. The van der Waals surface area contributed by atoms with E-state index in [4.69, 9.17) is 13.9 Å². The zero-order valence-electron chi connectivity index (χ0n) is 30.2. The van der Waals surface area contributed by atoms with Gasteiger partial charge in [-0.2, -0.15) is 0 Å². The van der Waals surface area contributed by atoms with E-state index in [2.05, 4.69) is 74.6 Å². The number of hydrogen-bond acceptors (Lipinski definition) is 5. The van der Waals surface area contributed by atoms with Gasteiger partial charge in [0, 0.05) is 18.6 Å². The first-order chi connectivity index (χ1) is 19.1. The minimum atomic E-state index is -1.81. The third-order valence-electron chi connectivity index (χ3n) is 8.42. The fourth-order valence-electron chi connectivity index (χ4n) is 5.08. The van der Waals surface area contributed by atoms with Crippen molar-refractivity contribution in [2.75, 3.05) is 13.2 Å². The molecule has 0 spiro atoms. The Labute approximate surface area is 261 Å². The van der Waals surface area contributed by atoms with Gasteiger partial charge in [0.1, 0.15) is 5.60 Å². The maximum atomic E-state index is 13.1. The van der Waals surface area contributed by atoms with Gasteiger partial charge in [-0.15, -0.1) is 0 Å². The summed E-state index contributed by atoms with van der Waals surface area (Å²) in [6.07, 6.45) is 9.96. The van der Waals surface area contributed by atoms with Crippen LogP contribution < -0.4 is 0 Å². The molecular formula is C36H68O5Si. The minimum absolute atomic E-state index is 0.150. The van der Waals surface area contributed by atoms with Crippen LogP contribution in [0.1, 0.15) is 129 Å². The summed E-state index contributed by atoms with van der Waals surface area (Å²) in [5, 5.41) is 0.150. The van der Waals surface area contributed by atoms with E-state index in [1.165, 1.54) is 19.3 Å². The largest absolute Gasteiger partial charge is 0.465 e. The highest BCUT2D eigenvalue weighted by Gasteiger charge is 2.36. The summed E-state index contributed by atoms with van der Waals surface area (Å²) < 4.78 is 17.5. The highest BCUT2D eigenvalue weighted by molar-refractivity contribution is 6.74. The summed E-state index contributed by atoms with van der Waals surface area (Å²) in [6, 6.07) is 0. The summed E-state index contributed by atoms with van der Waals surface area (Å²) in [5.74, 6) is 1.41. The molecule has 0 heterocycles. The number of carbonyl (C=O) groups excluding carboxylic acids is 2. The molecule has 5 unspecified atom stereocenters. The molecule has 5 nitrogen and oxygen atoms in total. The van der Waals surface area contributed by atoms with Crippen molar-refractivity contribution >= 4 is 20.3 Å². The van der Waals surface area contributed by atoms with Gasteiger partial charge in [-0.05, 0) is 101 Å². The van der Waals surface area contributed by atoms with Gasteiger partial charge in [-0.25, -0.2) is 4.79 Å². The Balaban J connectivity index is 5.29. The molecule has 0 radical (unpaired) electrons. The lowest BCUT2D eigenvalue weighted by atomic mass is 9.84. The van der Waals surface area contributed by atoms with Gasteiger partial charge in [0.25, 0.3) is 0 Å². The smallest absolute Gasteiger partial charge is 0.334 e.